The zero-order valence-electron chi connectivity index (χ0n) is 15.1. The fourth-order valence-electron chi connectivity index (χ4n) is 2.69. The molecule has 28 heavy (non-hydrogen) atoms. The summed E-state index contributed by atoms with van der Waals surface area (Å²) in [7, 11) is 1.56. The molecule has 0 fully saturated rings. The SMILES string of the molecule is CN(CCN)C(=O)c1cc(-c2ccc(Cl)cc2)nn(-c2cccc(F)c2)c1=O. The quantitative estimate of drug-likeness (QED) is 0.714. The lowest BCUT2D eigenvalue weighted by Gasteiger charge is -2.17. The first-order chi connectivity index (χ1) is 13.4. The summed E-state index contributed by atoms with van der Waals surface area (Å²) in [6, 6.07) is 13.7. The first-order valence-corrected chi connectivity index (χ1v) is 8.90. The van der Waals surface area contributed by atoms with Crippen LogP contribution in [0.2, 0.25) is 5.02 Å². The highest BCUT2D eigenvalue weighted by Gasteiger charge is 2.20. The molecule has 0 aliphatic rings. The number of nitrogens with two attached hydrogens (primary N) is 1. The maximum absolute atomic E-state index is 13.7. The predicted octanol–water partition coefficient (Wildman–Crippen LogP) is 2.72. The fraction of sp³-hybridized carbons (Fsp3) is 0.150. The van der Waals surface area contributed by atoms with Crippen LogP contribution in [0.3, 0.4) is 0 Å². The van der Waals surface area contributed by atoms with Crippen LogP contribution in [0.25, 0.3) is 16.9 Å². The van der Waals surface area contributed by atoms with Crippen molar-refractivity contribution in [3.05, 3.63) is 81.4 Å². The Morgan fingerprint density at radius 2 is 1.93 bits per heavy atom. The molecule has 0 radical (unpaired) electrons. The van der Waals surface area contributed by atoms with Gasteiger partial charge in [-0.3, -0.25) is 9.59 Å². The van der Waals surface area contributed by atoms with Gasteiger partial charge >= 0.3 is 0 Å². The Morgan fingerprint density at radius 3 is 2.57 bits per heavy atom. The summed E-state index contributed by atoms with van der Waals surface area (Å²) in [6.45, 7) is 0.548. The van der Waals surface area contributed by atoms with E-state index in [0.29, 0.717) is 16.3 Å². The molecular weight excluding hydrogens is 383 g/mol. The molecule has 0 saturated carbocycles. The van der Waals surface area contributed by atoms with E-state index in [4.69, 9.17) is 17.3 Å². The summed E-state index contributed by atoms with van der Waals surface area (Å²) in [4.78, 5) is 27.1. The first-order valence-electron chi connectivity index (χ1n) is 8.52. The molecule has 0 saturated heterocycles. The first kappa shape index (κ1) is 19.7. The van der Waals surface area contributed by atoms with Gasteiger partial charge in [0.25, 0.3) is 11.5 Å². The lowest BCUT2D eigenvalue weighted by Crippen LogP contribution is -2.37. The molecule has 3 aromatic rings. The van der Waals surface area contributed by atoms with E-state index in [1.165, 1.54) is 29.2 Å². The predicted molar refractivity (Wildman–Crippen MR) is 106 cm³/mol. The zero-order valence-corrected chi connectivity index (χ0v) is 15.9. The van der Waals surface area contributed by atoms with E-state index in [0.717, 1.165) is 4.68 Å². The van der Waals surface area contributed by atoms with Gasteiger partial charge in [-0.2, -0.15) is 9.78 Å². The van der Waals surface area contributed by atoms with E-state index >= 15 is 0 Å². The molecular formula is C20H18ClFN4O2. The monoisotopic (exact) mass is 400 g/mol. The van der Waals surface area contributed by atoms with Crippen molar-refractivity contribution in [2.45, 2.75) is 0 Å². The minimum atomic E-state index is -0.641. The largest absolute Gasteiger partial charge is 0.340 e. The van der Waals surface area contributed by atoms with Crippen LogP contribution in [-0.2, 0) is 0 Å². The second-order valence-electron chi connectivity index (χ2n) is 6.16. The van der Waals surface area contributed by atoms with Crippen molar-refractivity contribution >= 4 is 17.5 Å². The standard InChI is InChI=1S/C20H18ClFN4O2/c1-25(10-9-23)19(27)17-12-18(13-5-7-14(21)8-6-13)24-26(20(17)28)16-4-2-3-15(22)11-16/h2-8,11-12H,9-10,23H2,1H3. The average Bonchev–Trinajstić information content (AvgIpc) is 2.68. The van der Waals surface area contributed by atoms with Crippen molar-refractivity contribution in [1.82, 2.24) is 14.7 Å². The number of carbonyl (C=O) groups excluding carboxylic acids is 1. The summed E-state index contributed by atoms with van der Waals surface area (Å²) in [5.74, 6) is -1.01. The third-order valence-corrected chi connectivity index (χ3v) is 4.40. The highest BCUT2D eigenvalue weighted by Crippen LogP contribution is 2.21. The average molecular weight is 401 g/mol. The molecule has 8 heteroatoms. The van der Waals surface area contributed by atoms with Gasteiger partial charge in [0.1, 0.15) is 11.4 Å². The number of hydrogen-bond donors (Lipinski definition) is 1. The van der Waals surface area contributed by atoms with Crippen LogP contribution in [-0.4, -0.2) is 40.7 Å². The van der Waals surface area contributed by atoms with Gasteiger partial charge in [-0.15, -0.1) is 0 Å². The van der Waals surface area contributed by atoms with Crippen molar-refractivity contribution in [1.29, 1.82) is 0 Å². The molecule has 0 aliphatic heterocycles. The van der Waals surface area contributed by atoms with E-state index in [9.17, 15) is 14.0 Å². The van der Waals surface area contributed by atoms with Crippen molar-refractivity contribution < 1.29 is 9.18 Å². The van der Waals surface area contributed by atoms with Crippen LogP contribution in [0.1, 0.15) is 10.4 Å². The van der Waals surface area contributed by atoms with E-state index in [1.807, 2.05) is 0 Å². The Kier molecular flexibility index (Phi) is 5.87. The number of rotatable bonds is 5. The molecule has 0 unspecified atom stereocenters. The molecule has 0 atom stereocenters. The minimum Gasteiger partial charge on any atom is -0.340 e. The van der Waals surface area contributed by atoms with Crippen molar-refractivity contribution in [2.24, 2.45) is 5.73 Å². The Labute approximate surface area is 166 Å². The topological polar surface area (TPSA) is 81.2 Å². The van der Waals surface area contributed by atoms with Crippen LogP contribution >= 0.6 is 11.6 Å². The van der Waals surface area contributed by atoms with E-state index in [2.05, 4.69) is 5.10 Å². The van der Waals surface area contributed by atoms with Crippen LogP contribution in [0.5, 0.6) is 0 Å². The third-order valence-electron chi connectivity index (χ3n) is 4.15. The van der Waals surface area contributed by atoms with Gasteiger partial charge in [-0.25, -0.2) is 4.39 Å². The Bertz CT molecular complexity index is 1070. The number of aromatic nitrogens is 2. The van der Waals surface area contributed by atoms with Gasteiger partial charge in [0, 0.05) is 30.7 Å². The molecule has 0 aliphatic carbocycles. The minimum absolute atomic E-state index is 0.0832. The number of hydrogen-bond acceptors (Lipinski definition) is 4. The second-order valence-corrected chi connectivity index (χ2v) is 6.60. The maximum atomic E-state index is 13.7. The number of benzene rings is 2. The third kappa shape index (κ3) is 4.11. The van der Waals surface area contributed by atoms with Gasteiger partial charge in [-0.05, 0) is 36.4 Å². The highest BCUT2D eigenvalue weighted by molar-refractivity contribution is 6.30. The molecule has 0 bridgehead atoms. The van der Waals surface area contributed by atoms with Gasteiger partial charge in [0.2, 0.25) is 0 Å². The molecule has 3 rings (SSSR count). The van der Waals surface area contributed by atoms with E-state index in [-0.39, 0.29) is 24.3 Å². The lowest BCUT2D eigenvalue weighted by molar-refractivity contribution is 0.0796. The molecule has 1 aromatic heterocycles. The smallest absolute Gasteiger partial charge is 0.284 e. The highest BCUT2D eigenvalue weighted by atomic mass is 35.5. The van der Waals surface area contributed by atoms with Gasteiger partial charge in [-0.1, -0.05) is 29.8 Å². The molecule has 2 aromatic carbocycles. The van der Waals surface area contributed by atoms with Crippen molar-refractivity contribution in [3.8, 4) is 16.9 Å². The molecule has 1 heterocycles. The van der Waals surface area contributed by atoms with E-state index < -0.39 is 17.3 Å². The molecule has 2 N–H and O–H groups in total. The van der Waals surface area contributed by atoms with Gasteiger partial charge in [0.05, 0.1) is 11.4 Å². The van der Waals surface area contributed by atoms with Gasteiger partial charge in [0.15, 0.2) is 0 Å². The lowest BCUT2D eigenvalue weighted by atomic mass is 10.1. The molecule has 6 nitrogen and oxygen atoms in total. The fourth-order valence-corrected chi connectivity index (χ4v) is 2.82. The summed E-state index contributed by atoms with van der Waals surface area (Å²) in [5.41, 5.74) is 6.04. The molecule has 0 spiro atoms. The van der Waals surface area contributed by atoms with Crippen molar-refractivity contribution in [3.63, 3.8) is 0 Å². The Morgan fingerprint density at radius 1 is 1.21 bits per heavy atom. The van der Waals surface area contributed by atoms with Gasteiger partial charge < -0.3 is 10.6 Å². The second kappa shape index (κ2) is 8.33. The number of halogens is 2. The normalized spacial score (nSPS) is 10.7. The van der Waals surface area contributed by atoms with E-state index in [1.54, 1.807) is 37.4 Å². The number of carbonyl (C=O) groups is 1. The zero-order chi connectivity index (χ0) is 20.3. The van der Waals surface area contributed by atoms with Crippen molar-refractivity contribution in [2.75, 3.05) is 20.1 Å². The summed E-state index contributed by atoms with van der Waals surface area (Å²) >= 11 is 5.94. The molecule has 1 amide bonds. The molecule has 144 valence electrons. The number of likely N-dealkylation sites (N-methyl/N-ethyl adjacent to an activating group) is 1. The summed E-state index contributed by atoms with van der Waals surface area (Å²) < 4.78 is 14.7. The summed E-state index contributed by atoms with van der Waals surface area (Å²) in [5, 5.41) is 4.87. The maximum Gasteiger partial charge on any atom is 0.284 e. The Hall–Kier alpha value is -3.03. The summed E-state index contributed by atoms with van der Waals surface area (Å²) in [6.07, 6.45) is 0. The number of nitrogens with zero attached hydrogens (tertiary/aromatic N) is 3. The van der Waals surface area contributed by atoms with Crippen LogP contribution in [0, 0.1) is 5.82 Å². The number of amides is 1. The Balaban J connectivity index is 2.22. The van der Waals surface area contributed by atoms with Crippen LogP contribution < -0.4 is 11.3 Å². The van der Waals surface area contributed by atoms with Crippen LogP contribution in [0.4, 0.5) is 4.39 Å². The van der Waals surface area contributed by atoms with Crippen LogP contribution in [0.15, 0.2) is 59.4 Å².